The van der Waals surface area contributed by atoms with Crippen LogP contribution in [0, 0.1) is 0 Å². The van der Waals surface area contributed by atoms with E-state index in [9.17, 15) is 4.79 Å². The molecule has 4 nitrogen and oxygen atoms in total. The van der Waals surface area contributed by atoms with E-state index in [1.165, 1.54) is 11.1 Å². The number of nitrogens with zero attached hydrogens (tertiary/aromatic N) is 1. The van der Waals surface area contributed by atoms with E-state index >= 15 is 0 Å². The number of rotatable bonds is 1. The molecule has 0 radical (unpaired) electrons. The summed E-state index contributed by atoms with van der Waals surface area (Å²) in [7, 11) is 0. The Hall–Kier alpha value is -2.23. The summed E-state index contributed by atoms with van der Waals surface area (Å²) in [5, 5.41) is 0. The normalized spacial score (nSPS) is 14.3. The minimum absolute atomic E-state index is 0.0150. The summed E-state index contributed by atoms with van der Waals surface area (Å²) in [5.74, 6) is 0.0150. The highest BCUT2D eigenvalue weighted by atomic mass is 16.2. The second kappa shape index (κ2) is 4.22. The number of nitrogens with one attached hydrogen (secondary N) is 1. The van der Waals surface area contributed by atoms with Gasteiger partial charge >= 0.3 is 0 Å². The van der Waals surface area contributed by atoms with Crippen molar-refractivity contribution in [1.82, 2.24) is 9.88 Å². The maximum atomic E-state index is 12.3. The molecule has 3 N–H and O–H groups in total. The molecule has 0 aliphatic carbocycles. The van der Waals surface area contributed by atoms with Crippen molar-refractivity contribution in [3.05, 3.63) is 53.3 Å². The standard InChI is InChI=1S/C14H15N3O/c15-12-7-13(16-8-12)14(18)17-6-5-10-3-1-2-4-11(10)9-17/h1-4,7-8,16H,5-6,9,15H2. The number of nitrogen functional groups attached to an aromatic ring is 1. The third-order valence-electron chi connectivity index (χ3n) is 3.35. The van der Waals surface area contributed by atoms with Crippen molar-refractivity contribution in [2.75, 3.05) is 12.3 Å². The molecule has 0 saturated heterocycles. The molecule has 0 unspecified atom stereocenters. The van der Waals surface area contributed by atoms with Crippen molar-refractivity contribution < 1.29 is 4.79 Å². The van der Waals surface area contributed by atoms with Crippen molar-refractivity contribution >= 4 is 11.6 Å². The van der Waals surface area contributed by atoms with E-state index in [-0.39, 0.29) is 5.91 Å². The van der Waals surface area contributed by atoms with Crippen LogP contribution in [0.5, 0.6) is 0 Å². The van der Waals surface area contributed by atoms with Crippen LogP contribution in [0.2, 0.25) is 0 Å². The predicted octanol–water partition coefficient (Wildman–Crippen LogP) is 1.80. The highest BCUT2D eigenvalue weighted by molar-refractivity contribution is 5.93. The molecular formula is C14H15N3O. The van der Waals surface area contributed by atoms with Crippen LogP contribution >= 0.6 is 0 Å². The third-order valence-corrected chi connectivity index (χ3v) is 3.35. The molecule has 0 atom stereocenters. The molecule has 1 aromatic heterocycles. The fourth-order valence-electron chi connectivity index (χ4n) is 2.37. The van der Waals surface area contributed by atoms with Crippen molar-refractivity contribution in [3.63, 3.8) is 0 Å². The highest BCUT2D eigenvalue weighted by Gasteiger charge is 2.22. The van der Waals surface area contributed by atoms with Crippen molar-refractivity contribution in [2.24, 2.45) is 0 Å². The molecule has 3 rings (SSSR count). The van der Waals surface area contributed by atoms with Gasteiger partial charge in [0.15, 0.2) is 0 Å². The minimum atomic E-state index is 0.0150. The van der Waals surface area contributed by atoms with E-state index in [0.29, 0.717) is 17.9 Å². The Morgan fingerprint density at radius 2 is 2.06 bits per heavy atom. The monoisotopic (exact) mass is 241 g/mol. The van der Waals surface area contributed by atoms with E-state index in [0.717, 1.165) is 13.0 Å². The quantitative estimate of drug-likeness (QED) is 0.799. The number of fused-ring (bicyclic) bond motifs is 1. The van der Waals surface area contributed by atoms with Gasteiger partial charge in [-0.1, -0.05) is 24.3 Å². The number of aromatic nitrogens is 1. The Morgan fingerprint density at radius 1 is 1.28 bits per heavy atom. The number of anilines is 1. The van der Waals surface area contributed by atoms with Crippen LogP contribution in [0.15, 0.2) is 36.5 Å². The van der Waals surface area contributed by atoms with Crippen LogP contribution in [0.4, 0.5) is 5.69 Å². The lowest BCUT2D eigenvalue weighted by atomic mass is 10.00. The molecule has 1 amide bonds. The van der Waals surface area contributed by atoms with E-state index in [1.54, 1.807) is 12.3 Å². The average Bonchev–Trinajstić information content (AvgIpc) is 2.84. The number of aromatic amines is 1. The number of hydrogen-bond acceptors (Lipinski definition) is 2. The molecule has 0 fully saturated rings. The Balaban J connectivity index is 1.82. The first kappa shape index (κ1) is 10.9. The third kappa shape index (κ3) is 1.86. The molecule has 0 saturated carbocycles. The summed E-state index contributed by atoms with van der Waals surface area (Å²) in [6.45, 7) is 1.43. The van der Waals surface area contributed by atoms with Crippen molar-refractivity contribution in [3.8, 4) is 0 Å². The number of carbonyl (C=O) groups excluding carboxylic acids is 1. The summed E-state index contributed by atoms with van der Waals surface area (Å²) >= 11 is 0. The Morgan fingerprint density at radius 3 is 2.78 bits per heavy atom. The second-order valence-electron chi connectivity index (χ2n) is 4.59. The molecule has 1 aliphatic rings. The summed E-state index contributed by atoms with van der Waals surface area (Å²) < 4.78 is 0. The van der Waals surface area contributed by atoms with E-state index in [1.807, 2.05) is 17.0 Å². The fraction of sp³-hybridized carbons (Fsp3) is 0.214. The number of hydrogen-bond donors (Lipinski definition) is 2. The van der Waals surface area contributed by atoms with Crippen LogP contribution in [0.1, 0.15) is 21.6 Å². The van der Waals surface area contributed by atoms with Gasteiger partial charge in [0.05, 0.1) is 0 Å². The summed E-state index contributed by atoms with van der Waals surface area (Å²) in [6, 6.07) is 9.95. The number of carbonyl (C=O) groups is 1. The van der Waals surface area contributed by atoms with Crippen molar-refractivity contribution in [1.29, 1.82) is 0 Å². The number of benzene rings is 1. The van der Waals surface area contributed by atoms with Gasteiger partial charge in [-0.05, 0) is 23.6 Å². The zero-order valence-electron chi connectivity index (χ0n) is 10.0. The molecular weight excluding hydrogens is 226 g/mol. The molecule has 4 heteroatoms. The number of amides is 1. The Kier molecular flexibility index (Phi) is 2.55. The number of nitrogens with two attached hydrogens (primary N) is 1. The first-order chi connectivity index (χ1) is 8.74. The molecule has 0 spiro atoms. The van der Waals surface area contributed by atoms with Crippen LogP contribution in [0.3, 0.4) is 0 Å². The van der Waals surface area contributed by atoms with Gasteiger partial charge in [-0.15, -0.1) is 0 Å². The first-order valence-corrected chi connectivity index (χ1v) is 6.04. The predicted molar refractivity (Wildman–Crippen MR) is 70.1 cm³/mol. The zero-order valence-corrected chi connectivity index (χ0v) is 10.0. The average molecular weight is 241 g/mol. The Bertz CT molecular complexity index is 588. The molecule has 92 valence electrons. The van der Waals surface area contributed by atoms with Crippen LogP contribution < -0.4 is 5.73 Å². The Labute approximate surface area is 105 Å². The molecule has 2 heterocycles. The lowest BCUT2D eigenvalue weighted by Gasteiger charge is -2.28. The molecule has 18 heavy (non-hydrogen) atoms. The lowest BCUT2D eigenvalue weighted by Crippen LogP contribution is -2.36. The second-order valence-corrected chi connectivity index (χ2v) is 4.59. The number of H-pyrrole nitrogens is 1. The largest absolute Gasteiger partial charge is 0.397 e. The molecule has 0 bridgehead atoms. The van der Waals surface area contributed by atoms with E-state index < -0.39 is 0 Å². The van der Waals surface area contributed by atoms with E-state index in [4.69, 9.17) is 5.73 Å². The summed E-state index contributed by atoms with van der Waals surface area (Å²) in [5.41, 5.74) is 9.35. The fourth-order valence-corrected chi connectivity index (χ4v) is 2.37. The first-order valence-electron chi connectivity index (χ1n) is 6.04. The molecule has 1 aliphatic heterocycles. The van der Waals surface area contributed by atoms with Crippen LogP contribution in [-0.2, 0) is 13.0 Å². The van der Waals surface area contributed by atoms with Gasteiger partial charge in [-0.3, -0.25) is 4.79 Å². The highest BCUT2D eigenvalue weighted by Crippen LogP contribution is 2.20. The molecule has 2 aromatic rings. The van der Waals surface area contributed by atoms with Crippen LogP contribution in [-0.4, -0.2) is 22.3 Å². The van der Waals surface area contributed by atoms with Crippen LogP contribution in [0.25, 0.3) is 0 Å². The topological polar surface area (TPSA) is 62.1 Å². The molecule has 1 aromatic carbocycles. The van der Waals surface area contributed by atoms with Crippen molar-refractivity contribution in [2.45, 2.75) is 13.0 Å². The smallest absolute Gasteiger partial charge is 0.270 e. The maximum absolute atomic E-state index is 12.3. The van der Waals surface area contributed by atoms with E-state index in [2.05, 4.69) is 17.1 Å². The van der Waals surface area contributed by atoms with Gasteiger partial charge in [0.2, 0.25) is 0 Å². The maximum Gasteiger partial charge on any atom is 0.270 e. The summed E-state index contributed by atoms with van der Waals surface area (Å²) in [6.07, 6.45) is 2.56. The SMILES string of the molecule is Nc1c[nH]c(C(=O)N2CCc3ccccc3C2)c1. The van der Waals surface area contributed by atoms with Gasteiger partial charge < -0.3 is 15.6 Å². The lowest BCUT2D eigenvalue weighted by molar-refractivity contribution is 0.0729. The van der Waals surface area contributed by atoms with Gasteiger partial charge in [-0.2, -0.15) is 0 Å². The minimum Gasteiger partial charge on any atom is -0.397 e. The summed E-state index contributed by atoms with van der Waals surface area (Å²) in [4.78, 5) is 17.0. The van der Waals surface area contributed by atoms with Gasteiger partial charge in [0.1, 0.15) is 5.69 Å². The van der Waals surface area contributed by atoms with Gasteiger partial charge in [-0.25, -0.2) is 0 Å². The zero-order chi connectivity index (χ0) is 12.5. The van der Waals surface area contributed by atoms with Gasteiger partial charge in [0, 0.05) is 25.0 Å². The van der Waals surface area contributed by atoms with Gasteiger partial charge in [0.25, 0.3) is 5.91 Å².